The van der Waals surface area contributed by atoms with Gasteiger partial charge >= 0.3 is 0 Å². The van der Waals surface area contributed by atoms with Gasteiger partial charge < -0.3 is 10.4 Å². The molecule has 15 heavy (non-hydrogen) atoms. The molecule has 4 heteroatoms. The second-order valence-electron chi connectivity index (χ2n) is 3.88. The average Bonchev–Trinajstić information content (AvgIpc) is 2.18. The van der Waals surface area contributed by atoms with Gasteiger partial charge in [-0.1, -0.05) is 13.8 Å². The molecular formula is C11H16N2O2. The van der Waals surface area contributed by atoms with Crippen LogP contribution in [-0.2, 0) is 0 Å². The highest BCUT2D eigenvalue weighted by molar-refractivity contribution is 5.94. The van der Waals surface area contributed by atoms with E-state index in [2.05, 4.69) is 10.3 Å². The van der Waals surface area contributed by atoms with Gasteiger partial charge in [-0.25, -0.2) is 4.98 Å². The minimum atomic E-state index is -0.339. The Bertz CT molecular complexity index is 350. The van der Waals surface area contributed by atoms with Crippen molar-refractivity contribution in [2.24, 2.45) is 5.92 Å². The molecule has 82 valence electrons. The number of hydrogen-bond donors (Lipinski definition) is 2. The normalized spacial score (nSPS) is 12.5. The van der Waals surface area contributed by atoms with Gasteiger partial charge in [0.1, 0.15) is 5.75 Å². The number of pyridine rings is 1. The van der Waals surface area contributed by atoms with Gasteiger partial charge in [-0.15, -0.1) is 0 Å². The Morgan fingerprint density at radius 3 is 2.67 bits per heavy atom. The van der Waals surface area contributed by atoms with Crippen molar-refractivity contribution in [3.05, 3.63) is 24.0 Å². The molecule has 0 aliphatic carbocycles. The number of nitrogens with zero attached hydrogens (tertiary/aromatic N) is 1. The Labute approximate surface area is 89.3 Å². The van der Waals surface area contributed by atoms with Crippen LogP contribution < -0.4 is 5.32 Å². The summed E-state index contributed by atoms with van der Waals surface area (Å²) in [4.78, 5) is 15.5. The molecule has 1 aromatic rings. The third-order valence-electron chi connectivity index (χ3n) is 2.36. The highest BCUT2D eigenvalue weighted by atomic mass is 16.3. The van der Waals surface area contributed by atoms with Crippen molar-refractivity contribution in [2.75, 3.05) is 0 Å². The van der Waals surface area contributed by atoms with E-state index in [9.17, 15) is 9.90 Å². The topological polar surface area (TPSA) is 62.2 Å². The van der Waals surface area contributed by atoms with E-state index < -0.39 is 0 Å². The first kappa shape index (κ1) is 11.5. The van der Waals surface area contributed by atoms with Crippen LogP contribution in [0, 0.1) is 5.92 Å². The number of carbonyl (C=O) groups is 1. The van der Waals surface area contributed by atoms with E-state index in [1.54, 1.807) is 6.07 Å². The van der Waals surface area contributed by atoms with E-state index in [4.69, 9.17) is 0 Å². The summed E-state index contributed by atoms with van der Waals surface area (Å²) < 4.78 is 0. The van der Waals surface area contributed by atoms with Crippen molar-refractivity contribution < 1.29 is 9.90 Å². The molecule has 1 atom stereocenters. The molecule has 0 saturated carbocycles. The summed E-state index contributed by atoms with van der Waals surface area (Å²) >= 11 is 0. The first-order valence-corrected chi connectivity index (χ1v) is 4.97. The van der Waals surface area contributed by atoms with Crippen LogP contribution in [0.5, 0.6) is 5.75 Å². The number of aromatic nitrogens is 1. The first-order valence-electron chi connectivity index (χ1n) is 4.97. The number of nitrogens with one attached hydrogen (secondary N) is 1. The predicted octanol–water partition coefficient (Wildman–Crippen LogP) is 1.56. The second-order valence-corrected chi connectivity index (χ2v) is 3.88. The van der Waals surface area contributed by atoms with Crippen molar-refractivity contribution in [2.45, 2.75) is 26.8 Å². The Morgan fingerprint density at radius 1 is 1.47 bits per heavy atom. The largest absolute Gasteiger partial charge is 0.505 e. The minimum absolute atomic E-state index is 0.0545. The van der Waals surface area contributed by atoms with Gasteiger partial charge in [0.15, 0.2) is 5.69 Å². The Morgan fingerprint density at radius 2 is 2.13 bits per heavy atom. The molecule has 1 amide bonds. The predicted molar refractivity (Wildman–Crippen MR) is 57.7 cm³/mol. The highest BCUT2D eigenvalue weighted by Gasteiger charge is 2.16. The molecule has 0 bridgehead atoms. The van der Waals surface area contributed by atoms with Crippen LogP contribution in [-0.4, -0.2) is 22.0 Å². The van der Waals surface area contributed by atoms with Gasteiger partial charge in [-0.2, -0.15) is 0 Å². The van der Waals surface area contributed by atoms with Crippen LogP contribution >= 0.6 is 0 Å². The van der Waals surface area contributed by atoms with Crippen molar-refractivity contribution in [1.29, 1.82) is 0 Å². The van der Waals surface area contributed by atoms with E-state index in [-0.39, 0.29) is 23.4 Å². The zero-order chi connectivity index (χ0) is 11.4. The SMILES string of the molecule is CC(C)C(C)NC(=O)c1ncccc1O. The molecule has 1 unspecified atom stereocenters. The van der Waals surface area contributed by atoms with Gasteiger partial charge in [0.2, 0.25) is 0 Å². The minimum Gasteiger partial charge on any atom is -0.505 e. The number of hydrogen-bond acceptors (Lipinski definition) is 3. The van der Waals surface area contributed by atoms with Crippen LogP contribution in [0.15, 0.2) is 18.3 Å². The van der Waals surface area contributed by atoms with Gasteiger partial charge in [0.25, 0.3) is 5.91 Å². The number of rotatable bonds is 3. The second kappa shape index (κ2) is 4.77. The van der Waals surface area contributed by atoms with Crippen molar-refractivity contribution in [3.63, 3.8) is 0 Å². The van der Waals surface area contributed by atoms with Crippen LogP contribution in [0.2, 0.25) is 0 Å². The fraction of sp³-hybridized carbons (Fsp3) is 0.455. The van der Waals surface area contributed by atoms with Crippen molar-refractivity contribution in [3.8, 4) is 5.75 Å². The Balaban J connectivity index is 2.74. The molecule has 1 heterocycles. The molecule has 0 aliphatic rings. The van der Waals surface area contributed by atoms with E-state index in [1.807, 2.05) is 20.8 Å². The first-order chi connectivity index (χ1) is 7.02. The molecule has 0 spiro atoms. The fourth-order valence-corrected chi connectivity index (χ4v) is 1.01. The van der Waals surface area contributed by atoms with Gasteiger partial charge in [0, 0.05) is 12.2 Å². The monoisotopic (exact) mass is 208 g/mol. The summed E-state index contributed by atoms with van der Waals surface area (Å²) in [5.74, 6) is -0.0833. The maximum absolute atomic E-state index is 11.6. The van der Waals surface area contributed by atoms with E-state index in [1.165, 1.54) is 12.3 Å². The molecule has 4 nitrogen and oxygen atoms in total. The third-order valence-corrected chi connectivity index (χ3v) is 2.36. The van der Waals surface area contributed by atoms with E-state index >= 15 is 0 Å². The maximum atomic E-state index is 11.6. The summed E-state index contributed by atoms with van der Waals surface area (Å²) in [6.07, 6.45) is 1.48. The summed E-state index contributed by atoms with van der Waals surface area (Å²) in [6.45, 7) is 5.95. The van der Waals surface area contributed by atoms with Crippen molar-refractivity contribution >= 4 is 5.91 Å². The maximum Gasteiger partial charge on any atom is 0.273 e. The molecule has 0 aromatic carbocycles. The molecule has 1 aromatic heterocycles. The molecule has 0 radical (unpaired) electrons. The fourth-order valence-electron chi connectivity index (χ4n) is 1.01. The molecule has 2 N–H and O–H groups in total. The quantitative estimate of drug-likeness (QED) is 0.792. The Hall–Kier alpha value is -1.58. The lowest BCUT2D eigenvalue weighted by atomic mass is 10.1. The summed E-state index contributed by atoms with van der Waals surface area (Å²) in [6, 6.07) is 3.08. The van der Waals surface area contributed by atoms with Crippen LogP contribution in [0.3, 0.4) is 0 Å². The van der Waals surface area contributed by atoms with E-state index in [0.717, 1.165) is 0 Å². The van der Waals surface area contributed by atoms with Crippen LogP contribution in [0.25, 0.3) is 0 Å². The van der Waals surface area contributed by atoms with Gasteiger partial charge in [-0.3, -0.25) is 4.79 Å². The zero-order valence-electron chi connectivity index (χ0n) is 9.19. The lowest BCUT2D eigenvalue weighted by Gasteiger charge is -2.17. The van der Waals surface area contributed by atoms with Crippen molar-refractivity contribution in [1.82, 2.24) is 10.3 Å². The number of carbonyl (C=O) groups excluding carboxylic acids is 1. The van der Waals surface area contributed by atoms with E-state index in [0.29, 0.717) is 5.92 Å². The number of amides is 1. The lowest BCUT2D eigenvalue weighted by molar-refractivity contribution is 0.0922. The molecular weight excluding hydrogens is 192 g/mol. The standard InChI is InChI=1S/C11H16N2O2/c1-7(2)8(3)13-11(15)10-9(14)5-4-6-12-10/h4-8,14H,1-3H3,(H,13,15). The highest BCUT2D eigenvalue weighted by Crippen LogP contribution is 2.12. The summed E-state index contributed by atoms with van der Waals surface area (Å²) in [5, 5.41) is 12.2. The summed E-state index contributed by atoms with van der Waals surface area (Å²) in [5.41, 5.74) is 0.0741. The molecule has 1 rings (SSSR count). The smallest absolute Gasteiger partial charge is 0.273 e. The zero-order valence-corrected chi connectivity index (χ0v) is 9.19. The number of aromatic hydroxyl groups is 1. The van der Waals surface area contributed by atoms with Crippen LogP contribution in [0.1, 0.15) is 31.3 Å². The third kappa shape index (κ3) is 2.94. The Kier molecular flexibility index (Phi) is 3.66. The van der Waals surface area contributed by atoms with Gasteiger partial charge in [-0.05, 0) is 25.0 Å². The average molecular weight is 208 g/mol. The van der Waals surface area contributed by atoms with Gasteiger partial charge in [0.05, 0.1) is 0 Å². The lowest BCUT2D eigenvalue weighted by Crippen LogP contribution is -2.36. The molecule has 0 aliphatic heterocycles. The summed E-state index contributed by atoms with van der Waals surface area (Å²) in [7, 11) is 0. The van der Waals surface area contributed by atoms with Crippen LogP contribution in [0.4, 0.5) is 0 Å². The molecule has 0 saturated heterocycles. The molecule has 0 fully saturated rings.